The molecule has 1 aromatic carbocycles. The fourth-order valence-electron chi connectivity index (χ4n) is 1.41. The lowest BCUT2D eigenvalue weighted by Crippen LogP contribution is -2.01. The Labute approximate surface area is 89.7 Å². The Hall–Kier alpha value is -0.730. The molecule has 1 aromatic rings. The maximum atomic E-state index is 9.76. The highest BCUT2D eigenvalue weighted by atomic mass is 35.5. The predicted molar refractivity (Wildman–Crippen MR) is 60.0 cm³/mol. The smallest absolute Gasteiger partial charge is 0.137 e. The van der Waals surface area contributed by atoms with E-state index in [0.29, 0.717) is 11.6 Å². The summed E-state index contributed by atoms with van der Waals surface area (Å²) in [6, 6.07) is 1.98. The summed E-state index contributed by atoms with van der Waals surface area (Å²) in [5.74, 6) is 0.211. The highest BCUT2D eigenvalue weighted by Gasteiger charge is 2.10. The zero-order valence-corrected chi connectivity index (χ0v) is 9.36. The molecule has 14 heavy (non-hydrogen) atoms. The van der Waals surface area contributed by atoms with Gasteiger partial charge in [0.25, 0.3) is 0 Å². The van der Waals surface area contributed by atoms with Crippen LogP contribution in [0.1, 0.15) is 23.1 Å². The van der Waals surface area contributed by atoms with Gasteiger partial charge in [-0.1, -0.05) is 17.7 Å². The second-order valence-electron chi connectivity index (χ2n) is 3.53. The van der Waals surface area contributed by atoms with E-state index in [2.05, 4.69) is 0 Å². The number of phenols is 1. The van der Waals surface area contributed by atoms with Crippen molar-refractivity contribution in [2.24, 2.45) is 5.73 Å². The van der Waals surface area contributed by atoms with Crippen molar-refractivity contribution < 1.29 is 5.11 Å². The van der Waals surface area contributed by atoms with Crippen molar-refractivity contribution in [2.45, 2.75) is 26.7 Å². The molecule has 0 atom stereocenters. The normalized spacial score (nSPS) is 10.6. The standard InChI is InChI=1S/C11H16ClNO/c1-7-6-9(4-3-5-13)11(14)10(12)8(7)2/h6,14H,3-5,13H2,1-2H3. The first kappa shape index (κ1) is 11.3. The van der Waals surface area contributed by atoms with E-state index in [1.54, 1.807) is 0 Å². The predicted octanol–water partition coefficient (Wildman–Crippen LogP) is 2.55. The summed E-state index contributed by atoms with van der Waals surface area (Å²) in [6.45, 7) is 4.53. The molecule has 0 aliphatic rings. The van der Waals surface area contributed by atoms with Crippen molar-refractivity contribution in [3.63, 3.8) is 0 Å². The lowest BCUT2D eigenvalue weighted by Gasteiger charge is -2.10. The lowest BCUT2D eigenvalue weighted by molar-refractivity contribution is 0.467. The maximum Gasteiger partial charge on any atom is 0.137 e. The number of hydrogen-bond donors (Lipinski definition) is 2. The number of phenolic OH excluding ortho intramolecular Hbond substituents is 1. The molecule has 0 aromatic heterocycles. The van der Waals surface area contributed by atoms with Crippen LogP contribution in [0, 0.1) is 13.8 Å². The van der Waals surface area contributed by atoms with Gasteiger partial charge in [-0.25, -0.2) is 0 Å². The first-order chi connectivity index (χ1) is 6.57. The van der Waals surface area contributed by atoms with Gasteiger partial charge in [0.05, 0.1) is 5.02 Å². The van der Waals surface area contributed by atoms with Gasteiger partial charge in [0.15, 0.2) is 0 Å². The van der Waals surface area contributed by atoms with Gasteiger partial charge in [-0.2, -0.15) is 0 Å². The van der Waals surface area contributed by atoms with Crippen molar-refractivity contribution in [3.8, 4) is 5.75 Å². The molecular weight excluding hydrogens is 198 g/mol. The van der Waals surface area contributed by atoms with Crippen LogP contribution in [-0.4, -0.2) is 11.7 Å². The molecule has 0 unspecified atom stereocenters. The Morgan fingerprint density at radius 2 is 2.07 bits per heavy atom. The second-order valence-corrected chi connectivity index (χ2v) is 3.91. The van der Waals surface area contributed by atoms with E-state index in [1.165, 1.54) is 0 Å². The van der Waals surface area contributed by atoms with E-state index < -0.39 is 0 Å². The van der Waals surface area contributed by atoms with Crippen LogP contribution < -0.4 is 5.73 Å². The molecule has 2 nitrogen and oxygen atoms in total. The Bertz CT molecular complexity index is 337. The summed E-state index contributed by atoms with van der Waals surface area (Å²) in [5.41, 5.74) is 8.37. The zero-order chi connectivity index (χ0) is 10.7. The largest absolute Gasteiger partial charge is 0.506 e. The van der Waals surface area contributed by atoms with Gasteiger partial charge < -0.3 is 10.8 Å². The summed E-state index contributed by atoms with van der Waals surface area (Å²) in [4.78, 5) is 0. The first-order valence-corrected chi connectivity index (χ1v) is 5.13. The van der Waals surface area contributed by atoms with E-state index in [9.17, 15) is 5.11 Å². The fourth-order valence-corrected chi connectivity index (χ4v) is 1.68. The van der Waals surface area contributed by atoms with Crippen LogP contribution in [0.15, 0.2) is 6.07 Å². The number of nitrogens with two attached hydrogens (primary N) is 1. The Kier molecular flexibility index (Phi) is 3.78. The number of aryl methyl sites for hydroxylation is 2. The molecule has 0 spiro atoms. The van der Waals surface area contributed by atoms with Gasteiger partial charge in [-0.05, 0) is 49.9 Å². The lowest BCUT2D eigenvalue weighted by atomic mass is 10.0. The van der Waals surface area contributed by atoms with Crippen LogP contribution in [0.5, 0.6) is 5.75 Å². The third-order valence-electron chi connectivity index (χ3n) is 2.47. The first-order valence-electron chi connectivity index (χ1n) is 4.75. The zero-order valence-electron chi connectivity index (χ0n) is 8.60. The molecule has 78 valence electrons. The summed E-state index contributed by atoms with van der Waals surface area (Å²) in [7, 11) is 0. The molecular formula is C11H16ClNO. The van der Waals surface area contributed by atoms with E-state index in [0.717, 1.165) is 29.5 Å². The van der Waals surface area contributed by atoms with Gasteiger partial charge in [0.2, 0.25) is 0 Å². The average molecular weight is 214 g/mol. The number of hydrogen-bond acceptors (Lipinski definition) is 2. The Morgan fingerprint density at radius 1 is 1.43 bits per heavy atom. The minimum atomic E-state index is 0.211. The molecule has 3 N–H and O–H groups in total. The molecule has 0 radical (unpaired) electrons. The average Bonchev–Trinajstić information content (AvgIpc) is 2.18. The molecule has 0 fully saturated rings. The highest BCUT2D eigenvalue weighted by Crippen LogP contribution is 2.33. The molecule has 0 aliphatic heterocycles. The number of rotatable bonds is 3. The molecule has 0 saturated carbocycles. The number of aromatic hydroxyl groups is 1. The van der Waals surface area contributed by atoms with Gasteiger partial charge >= 0.3 is 0 Å². The summed E-state index contributed by atoms with van der Waals surface area (Å²) in [6.07, 6.45) is 1.65. The molecule has 0 aliphatic carbocycles. The number of halogens is 1. The molecule has 3 heteroatoms. The minimum Gasteiger partial charge on any atom is -0.506 e. The quantitative estimate of drug-likeness (QED) is 0.811. The van der Waals surface area contributed by atoms with Crippen LogP contribution in [0.25, 0.3) is 0 Å². The summed E-state index contributed by atoms with van der Waals surface area (Å²) >= 11 is 5.99. The highest BCUT2D eigenvalue weighted by molar-refractivity contribution is 6.33. The SMILES string of the molecule is Cc1cc(CCCN)c(O)c(Cl)c1C. The molecule has 0 saturated heterocycles. The van der Waals surface area contributed by atoms with Gasteiger partial charge in [0, 0.05) is 0 Å². The van der Waals surface area contributed by atoms with Gasteiger partial charge in [-0.3, -0.25) is 0 Å². The van der Waals surface area contributed by atoms with E-state index in [1.807, 2.05) is 19.9 Å². The summed E-state index contributed by atoms with van der Waals surface area (Å²) < 4.78 is 0. The Balaban J connectivity index is 3.06. The van der Waals surface area contributed by atoms with Crippen LogP contribution in [0.2, 0.25) is 5.02 Å². The third-order valence-corrected chi connectivity index (χ3v) is 2.94. The maximum absolute atomic E-state index is 9.76. The van der Waals surface area contributed by atoms with Crippen LogP contribution in [-0.2, 0) is 6.42 Å². The molecule has 0 bridgehead atoms. The minimum absolute atomic E-state index is 0.211. The van der Waals surface area contributed by atoms with Gasteiger partial charge in [-0.15, -0.1) is 0 Å². The molecule has 1 rings (SSSR count). The number of benzene rings is 1. The molecule has 0 amide bonds. The Morgan fingerprint density at radius 3 is 2.64 bits per heavy atom. The van der Waals surface area contributed by atoms with E-state index in [4.69, 9.17) is 17.3 Å². The van der Waals surface area contributed by atoms with E-state index in [-0.39, 0.29) is 5.75 Å². The van der Waals surface area contributed by atoms with Gasteiger partial charge in [0.1, 0.15) is 5.75 Å². The monoisotopic (exact) mass is 213 g/mol. The third kappa shape index (κ3) is 2.20. The van der Waals surface area contributed by atoms with Crippen LogP contribution >= 0.6 is 11.6 Å². The molecule has 0 heterocycles. The van der Waals surface area contributed by atoms with Crippen molar-refractivity contribution >= 4 is 11.6 Å². The fraction of sp³-hybridized carbons (Fsp3) is 0.455. The van der Waals surface area contributed by atoms with Crippen LogP contribution in [0.3, 0.4) is 0 Å². The van der Waals surface area contributed by atoms with Crippen molar-refractivity contribution in [1.29, 1.82) is 0 Å². The second kappa shape index (κ2) is 4.67. The van der Waals surface area contributed by atoms with Crippen molar-refractivity contribution in [2.75, 3.05) is 6.54 Å². The van der Waals surface area contributed by atoms with E-state index >= 15 is 0 Å². The summed E-state index contributed by atoms with van der Waals surface area (Å²) in [5, 5.41) is 10.2. The van der Waals surface area contributed by atoms with Crippen molar-refractivity contribution in [1.82, 2.24) is 0 Å². The topological polar surface area (TPSA) is 46.2 Å². The van der Waals surface area contributed by atoms with Crippen molar-refractivity contribution in [3.05, 3.63) is 27.8 Å². The van der Waals surface area contributed by atoms with Crippen LogP contribution in [0.4, 0.5) is 0 Å².